The van der Waals surface area contributed by atoms with Gasteiger partial charge in [-0.15, -0.1) is 0 Å². The summed E-state index contributed by atoms with van der Waals surface area (Å²) in [5, 5.41) is 4.75. The van der Waals surface area contributed by atoms with Crippen molar-refractivity contribution in [2.45, 2.75) is 18.7 Å². The number of aromatic nitrogens is 1. The molecule has 1 aromatic heterocycles. The number of aryl methyl sites for hydroxylation is 1. The van der Waals surface area contributed by atoms with Gasteiger partial charge in [-0.3, -0.25) is 9.10 Å². The van der Waals surface area contributed by atoms with Crippen LogP contribution in [0.3, 0.4) is 0 Å². The van der Waals surface area contributed by atoms with Crippen LogP contribution in [-0.4, -0.2) is 45.9 Å². The molecule has 1 N–H and O–H groups in total. The largest absolute Gasteiger partial charge is 0.497 e. The van der Waals surface area contributed by atoms with E-state index in [1.165, 1.54) is 44.7 Å². The fourth-order valence-electron chi connectivity index (χ4n) is 4.26. The van der Waals surface area contributed by atoms with Crippen LogP contribution in [0.2, 0.25) is 5.02 Å². The molecule has 0 saturated carbocycles. The topological polar surface area (TPSA) is 102 Å². The maximum absolute atomic E-state index is 13.7. The lowest BCUT2D eigenvalue weighted by Gasteiger charge is -2.25. The van der Waals surface area contributed by atoms with Gasteiger partial charge in [-0.05, 0) is 80.6 Å². The molecule has 0 spiro atoms. The minimum Gasteiger partial charge on any atom is -0.497 e. The summed E-state index contributed by atoms with van der Waals surface area (Å²) in [6.07, 6.45) is 1.53. The van der Waals surface area contributed by atoms with Gasteiger partial charge in [0.1, 0.15) is 18.0 Å². The predicted octanol–water partition coefficient (Wildman–Crippen LogP) is 5.11. The Hall–Kier alpha value is -4.28. The summed E-state index contributed by atoms with van der Waals surface area (Å²) in [7, 11) is -1.23. The van der Waals surface area contributed by atoms with Crippen molar-refractivity contribution in [3.8, 4) is 17.2 Å². The third-order valence-corrected chi connectivity index (χ3v) is 8.26. The van der Waals surface area contributed by atoms with Gasteiger partial charge in [-0.25, -0.2) is 13.8 Å². The van der Waals surface area contributed by atoms with Crippen LogP contribution in [-0.2, 0) is 14.8 Å². The van der Waals surface area contributed by atoms with Crippen LogP contribution in [0.1, 0.15) is 17.0 Å². The van der Waals surface area contributed by atoms with Crippen molar-refractivity contribution in [1.29, 1.82) is 0 Å². The zero-order valence-electron chi connectivity index (χ0n) is 22.5. The molecule has 40 heavy (non-hydrogen) atoms. The van der Waals surface area contributed by atoms with E-state index in [4.69, 9.17) is 21.1 Å². The minimum absolute atomic E-state index is 0.00912. The van der Waals surface area contributed by atoms with Gasteiger partial charge in [0.2, 0.25) is 0 Å². The second-order valence-electron chi connectivity index (χ2n) is 8.79. The predicted molar refractivity (Wildman–Crippen MR) is 157 cm³/mol. The van der Waals surface area contributed by atoms with E-state index in [2.05, 4.69) is 10.5 Å². The zero-order valence-corrected chi connectivity index (χ0v) is 24.0. The number of benzene rings is 3. The van der Waals surface area contributed by atoms with Crippen molar-refractivity contribution in [1.82, 2.24) is 9.99 Å². The summed E-state index contributed by atoms with van der Waals surface area (Å²) in [6, 6.07) is 21.9. The number of nitrogens with zero attached hydrogens (tertiary/aromatic N) is 3. The fourth-order valence-corrected chi connectivity index (χ4v) is 5.81. The number of methoxy groups -OCH3 is 2. The zero-order chi connectivity index (χ0) is 28.9. The van der Waals surface area contributed by atoms with Crippen molar-refractivity contribution in [3.63, 3.8) is 0 Å². The number of rotatable bonds is 10. The average molecular weight is 581 g/mol. The van der Waals surface area contributed by atoms with Crippen LogP contribution in [0.15, 0.2) is 88.9 Å². The molecule has 1 amide bonds. The molecule has 0 saturated heterocycles. The summed E-state index contributed by atoms with van der Waals surface area (Å²) in [5.74, 6) is 0.168. The van der Waals surface area contributed by atoms with Gasteiger partial charge in [0.25, 0.3) is 15.9 Å². The molecule has 208 valence electrons. The van der Waals surface area contributed by atoms with Crippen LogP contribution in [0.5, 0.6) is 11.5 Å². The van der Waals surface area contributed by atoms with Gasteiger partial charge >= 0.3 is 0 Å². The highest BCUT2D eigenvalue weighted by Crippen LogP contribution is 2.32. The highest BCUT2D eigenvalue weighted by Gasteiger charge is 2.29. The number of carbonyl (C=O) groups excluding carboxylic acids is 1. The van der Waals surface area contributed by atoms with E-state index >= 15 is 0 Å². The number of halogens is 1. The van der Waals surface area contributed by atoms with E-state index in [0.29, 0.717) is 16.5 Å². The molecule has 1 heterocycles. The Morgan fingerprint density at radius 2 is 1.68 bits per heavy atom. The molecule has 11 heteroatoms. The molecule has 9 nitrogen and oxygen atoms in total. The van der Waals surface area contributed by atoms with E-state index in [1.807, 2.05) is 48.7 Å². The standard InChI is InChI=1S/C29H29ClN4O5S/c1-20-17-22(21(2)34(20)24-11-9-23(30)10-12-24)18-31-32-29(35)19-33(27-7-5-6-8-28(27)39-4)40(36,37)26-15-13-25(38-3)14-16-26/h5-18H,19H2,1-4H3,(H,32,35)/b31-18-. The number of sulfonamides is 1. The molecule has 0 atom stereocenters. The van der Waals surface area contributed by atoms with E-state index in [9.17, 15) is 13.2 Å². The Bertz CT molecular complexity index is 1630. The third-order valence-electron chi connectivity index (χ3n) is 6.24. The van der Waals surface area contributed by atoms with E-state index < -0.39 is 22.5 Å². The Morgan fingerprint density at radius 1 is 1.00 bits per heavy atom. The van der Waals surface area contributed by atoms with Crippen LogP contribution >= 0.6 is 11.6 Å². The van der Waals surface area contributed by atoms with Crippen LogP contribution in [0.4, 0.5) is 5.69 Å². The first-order chi connectivity index (χ1) is 19.1. The lowest BCUT2D eigenvalue weighted by molar-refractivity contribution is -0.119. The van der Waals surface area contributed by atoms with Crippen LogP contribution < -0.4 is 19.2 Å². The number of hydrogen-bond acceptors (Lipinski definition) is 6. The van der Waals surface area contributed by atoms with Crippen LogP contribution in [0.25, 0.3) is 5.69 Å². The van der Waals surface area contributed by atoms with Gasteiger partial charge in [-0.1, -0.05) is 23.7 Å². The fraction of sp³-hybridized carbons (Fsp3) is 0.172. The number of anilines is 1. The van der Waals surface area contributed by atoms with Crippen molar-refractivity contribution in [3.05, 3.63) is 101 Å². The maximum Gasteiger partial charge on any atom is 0.264 e. The molecule has 0 fully saturated rings. The average Bonchev–Trinajstić information content (AvgIpc) is 3.24. The number of carbonyl (C=O) groups is 1. The Morgan fingerprint density at radius 3 is 2.33 bits per heavy atom. The summed E-state index contributed by atoms with van der Waals surface area (Å²) < 4.78 is 40.9. The highest BCUT2D eigenvalue weighted by atomic mass is 35.5. The van der Waals surface area contributed by atoms with E-state index in [1.54, 1.807) is 24.3 Å². The summed E-state index contributed by atoms with van der Waals surface area (Å²) >= 11 is 6.03. The van der Waals surface area contributed by atoms with E-state index in [0.717, 1.165) is 26.9 Å². The lowest BCUT2D eigenvalue weighted by Crippen LogP contribution is -2.39. The molecule has 4 aromatic rings. The number of ether oxygens (including phenoxy) is 2. The highest BCUT2D eigenvalue weighted by molar-refractivity contribution is 7.92. The number of amides is 1. The quantitative estimate of drug-likeness (QED) is 0.207. The molecule has 0 aliphatic heterocycles. The maximum atomic E-state index is 13.7. The molecule has 3 aromatic carbocycles. The second-order valence-corrected chi connectivity index (χ2v) is 11.1. The molecule has 0 unspecified atom stereocenters. The summed E-state index contributed by atoms with van der Waals surface area (Å²) in [4.78, 5) is 13.0. The lowest BCUT2D eigenvalue weighted by atomic mass is 10.2. The minimum atomic E-state index is -4.15. The molecular formula is C29H29ClN4O5S. The normalized spacial score (nSPS) is 11.4. The number of hydrazone groups is 1. The molecule has 0 bridgehead atoms. The summed E-state index contributed by atoms with van der Waals surface area (Å²) in [6.45, 7) is 3.37. The number of para-hydroxylation sites is 2. The SMILES string of the molecule is COc1ccc(S(=O)(=O)N(CC(=O)N/N=C\c2cc(C)n(-c3ccc(Cl)cc3)c2C)c2ccccc2OC)cc1. The Balaban J connectivity index is 1.58. The third kappa shape index (κ3) is 6.13. The van der Waals surface area contributed by atoms with Crippen molar-refractivity contribution >= 4 is 39.4 Å². The first-order valence-electron chi connectivity index (χ1n) is 12.2. The van der Waals surface area contributed by atoms with Gasteiger partial charge in [-0.2, -0.15) is 5.10 Å². The molecular weight excluding hydrogens is 552 g/mol. The second kappa shape index (κ2) is 12.3. The van der Waals surface area contributed by atoms with Crippen molar-refractivity contribution in [2.24, 2.45) is 5.10 Å². The van der Waals surface area contributed by atoms with Gasteiger partial charge in [0.05, 0.1) is 31.0 Å². The van der Waals surface area contributed by atoms with Crippen molar-refractivity contribution < 1.29 is 22.7 Å². The summed E-state index contributed by atoms with van der Waals surface area (Å²) in [5.41, 5.74) is 6.29. The van der Waals surface area contributed by atoms with Gasteiger partial charge in [0, 0.05) is 27.7 Å². The first kappa shape index (κ1) is 28.7. The van der Waals surface area contributed by atoms with Gasteiger partial charge in [0.15, 0.2) is 0 Å². The van der Waals surface area contributed by atoms with E-state index in [-0.39, 0.29) is 10.6 Å². The Kier molecular flexibility index (Phi) is 8.81. The smallest absolute Gasteiger partial charge is 0.264 e. The monoisotopic (exact) mass is 580 g/mol. The molecule has 0 aliphatic carbocycles. The number of nitrogens with one attached hydrogen (secondary N) is 1. The van der Waals surface area contributed by atoms with Crippen LogP contribution in [0, 0.1) is 13.8 Å². The number of hydrogen-bond donors (Lipinski definition) is 1. The first-order valence-corrected chi connectivity index (χ1v) is 14.0. The molecule has 0 radical (unpaired) electrons. The Labute approximate surface area is 238 Å². The van der Waals surface area contributed by atoms with Crippen molar-refractivity contribution in [2.75, 3.05) is 25.1 Å². The van der Waals surface area contributed by atoms with Gasteiger partial charge < -0.3 is 14.0 Å². The molecule has 4 rings (SSSR count). The molecule has 0 aliphatic rings.